The molecule has 2 fully saturated rings. The molecule has 2 aliphatic rings. The third kappa shape index (κ3) is 1.73. The van der Waals surface area contributed by atoms with Gasteiger partial charge in [0.25, 0.3) is 0 Å². The van der Waals surface area contributed by atoms with Gasteiger partial charge in [0.2, 0.25) is 5.91 Å². The Kier molecular flexibility index (Phi) is 1.84. The molecule has 1 aliphatic carbocycles. The van der Waals surface area contributed by atoms with Crippen molar-refractivity contribution in [3.8, 4) is 0 Å². The van der Waals surface area contributed by atoms with E-state index in [-0.39, 0.29) is 0 Å². The number of carbonyl (C=O) groups is 1. The normalized spacial score (nSPS) is 30.5. The molecule has 0 aromatic carbocycles. The van der Waals surface area contributed by atoms with Crippen molar-refractivity contribution >= 4 is 5.91 Å². The molecule has 0 bridgehead atoms. The van der Waals surface area contributed by atoms with Gasteiger partial charge in [-0.05, 0) is 25.2 Å². The van der Waals surface area contributed by atoms with Crippen molar-refractivity contribution < 1.29 is 4.79 Å². The minimum atomic E-state index is 0.297. The molecule has 1 saturated heterocycles. The van der Waals surface area contributed by atoms with E-state index in [9.17, 15) is 4.79 Å². The molecule has 11 heavy (non-hydrogen) atoms. The van der Waals surface area contributed by atoms with Gasteiger partial charge in [-0.25, -0.2) is 0 Å². The van der Waals surface area contributed by atoms with Crippen molar-refractivity contribution in [2.45, 2.75) is 32.1 Å². The second-order valence-electron chi connectivity index (χ2n) is 3.80. The molecule has 1 N–H and O–H groups in total. The van der Waals surface area contributed by atoms with Crippen LogP contribution in [0.1, 0.15) is 32.1 Å². The lowest BCUT2D eigenvalue weighted by atomic mass is 10.0. The van der Waals surface area contributed by atoms with Crippen LogP contribution in [0.25, 0.3) is 0 Å². The van der Waals surface area contributed by atoms with Crippen molar-refractivity contribution in [3.63, 3.8) is 0 Å². The van der Waals surface area contributed by atoms with Gasteiger partial charge in [0.15, 0.2) is 0 Å². The summed E-state index contributed by atoms with van der Waals surface area (Å²) in [5.41, 5.74) is 0. The standard InChI is InChI=1S/C9H15NO/c11-9-8(5-6-10-9)4-3-7-1-2-7/h7-8H,1-6H2,(H,10,11). The van der Waals surface area contributed by atoms with E-state index in [1.54, 1.807) is 0 Å². The Labute approximate surface area is 67.4 Å². The Morgan fingerprint density at radius 1 is 1.27 bits per heavy atom. The summed E-state index contributed by atoms with van der Waals surface area (Å²) < 4.78 is 0. The summed E-state index contributed by atoms with van der Waals surface area (Å²) in [6, 6.07) is 0. The molecule has 1 amide bonds. The second-order valence-corrected chi connectivity index (χ2v) is 3.80. The predicted molar refractivity (Wildman–Crippen MR) is 43.1 cm³/mol. The van der Waals surface area contributed by atoms with Crippen molar-refractivity contribution in [1.29, 1.82) is 0 Å². The van der Waals surface area contributed by atoms with Gasteiger partial charge in [-0.1, -0.05) is 12.8 Å². The van der Waals surface area contributed by atoms with Crippen molar-refractivity contribution in [1.82, 2.24) is 5.32 Å². The maximum Gasteiger partial charge on any atom is 0.223 e. The first-order chi connectivity index (χ1) is 5.36. The molecule has 2 rings (SSSR count). The van der Waals surface area contributed by atoms with E-state index >= 15 is 0 Å². The largest absolute Gasteiger partial charge is 0.356 e. The Hall–Kier alpha value is -0.530. The number of carbonyl (C=O) groups excluding carboxylic acids is 1. The van der Waals surface area contributed by atoms with Gasteiger partial charge in [0.05, 0.1) is 0 Å². The second kappa shape index (κ2) is 2.84. The molecule has 0 aromatic rings. The van der Waals surface area contributed by atoms with Gasteiger partial charge >= 0.3 is 0 Å². The van der Waals surface area contributed by atoms with Crippen LogP contribution in [-0.4, -0.2) is 12.5 Å². The van der Waals surface area contributed by atoms with E-state index in [0.717, 1.165) is 25.3 Å². The summed E-state index contributed by atoms with van der Waals surface area (Å²) in [4.78, 5) is 11.1. The molecule has 1 atom stereocenters. The number of nitrogens with one attached hydrogen (secondary N) is 1. The lowest BCUT2D eigenvalue weighted by Gasteiger charge is -2.03. The highest BCUT2D eigenvalue weighted by atomic mass is 16.2. The molecule has 0 aromatic heterocycles. The molecule has 0 spiro atoms. The zero-order valence-corrected chi connectivity index (χ0v) is 6.81. The molecule has 2 nitrogen and oxygen atoms in total. The van der Waals surface area contributed by atoms with Crippen molar-refractivity contribution in [2.24, 2.45) is 11.8 Å². The lowest BCUT2D eigenvalue weighted by molar-refractivity contribution is -0.122. The minimum Gasteiger partial charge on any atom is -0.356 e. The summed E-state index contributed by atoms with van der Waals surface area (Å²) in [6.45, 7) is 0.911. The molecule has 1 saturated carbocycles. The zero-order chi connectivity index (χ0) is 7.68. The van der Waals surface area contributed by atoms with Gasteiger partial charge in [-0.2, -0.15) is 0 Å². The van der Waals surface area contributed by atoms with E-state index in [1.165, 1.54) is 19.3 Å². The van der Waals surface area contributed by atoms with Crippen LogP contribution in [0.2, 0.25) is 0 Å². The monoisotopic (exact) mass is 153 g/mol. The van der Waals surface area contributed by atoms with Gasteiger partial charge in [0, 0.05) is 12.5 Å². The molecule has 62 valence electrons. The highest BCUT2D eigenvalue weighted by Crippen LogP contribution is 2.35. The summed E-state index contributed by atoms with van der Waals surface area (Å²) in [6.07, 6.45) is 6.32. The number of rotatable bonds is 3. The molecule has 0 radical (unpaired) electrons. The Bertz CT molecular complexity index is 163. The van der Waals surface area contributed by atoms with E-state index in [4.69, 9.17) is 0 Å². The zero-order valence-electron chi connectivity index (χ0n) is 6.81. The van der Waals surface area contributed by atoms with E-state index in [1.807, 2.05) is 0 Å². The fourth-order valence-electron chi connectivity index (χ4n) is 1.76. The van der Waals surface area contributed by atoms with E-state index in [0.29, 0.717) is 11.8 Å². The predicted octanol–water partition coefficient (Wildman–Crippen LogP) is 1.31. The highest BCUT2D eigenvalue weighted by Gasteiger charge is 2.27. The van der Waals surface area contributed by atoms with Crippen molar-refractivity contribution in [2.75, 3.05) is 6.54 Å². The lowest BCUT2D eigenvalue weighted by Crippen LogP contribution is -2.18. The molecular formula is C9H15NO. The summed E-state index contributed by atoms with van der Waals surface area (Å²) in [5.74, 6) is 1.63. The third-order valence-electron chi connectivity index (χ3n) is 2.78. The molecule has 2 heteroatoms. The average Bonchev–Trinajstić information content (AvgIpc) is 2.73. The maximum absolute atomic E-state index is 11.1. The fourth-order valence-corrected chi connectivity index (χ4v) is 1.76. The highest BCUT2D eigenvalue weighted by molar-refractivity contribution is 5.80. The smallest absolute Gasteiger partial charge is 0.223 e. The average molecular weight is 153 g/mol. The summed E-state index contributed by atoms with van der Waals surface area (Å²) in [5, 5.41) is 2.87. The molecule has 1 aliphatic heterocycles. The minimum absolute atomic E-state index is 0.297. The van der Waals surface area contributed by atoms with Gasteiger partial charge in [0.1, 0.15) is 0 Å². The quantitative estimate of drug-likeness (QED) is 0.650. The van der Waals surface area contributed by atoms with Crippen LogP contribution in [0.5, 0.6) is 0 Å². The SMILES string of the molecule is O=C1NCCC1CCC1CC1. The Morgan fingerprint density at radius 3 is 2.64 bits per heavy atom. The van der Waals surface area contributed by atoms with Crippen LogP contribution in [0.3, 0.4) is 0 Å². The molecule has 1 heterocycles. The van der Waals surface area contributed by atoms with Crippen LogP contribution < -0.4 is 5.32 Å². The van der Waals surface area contributed by atoms with E-state index in [2.05, 4.69) is 5.32 Å². The first-order valence-corrected chi connectivity index (χ1v) is 4.64. The van der Waals surface area contributed by atoms with Crippen molar-refractivity contribution in [3.05, 3.63) is 0 Å². The summed E-state index contributed by atoms with van der Waals surface area (Å²) >= 11 is 0. The summed E-state index contributed by atoms with van der Waals surface area (Å²) in [7, 11) is 0. The van der Waals surface area contributed by atoms with Crippen LogP contribution in [0, 0.1) is 11.8 Å². The van der Waals surface area contributed by atoms with E-state index < -0.39 is 0 Å². The molecular weight excluding hydrogens is 138 g/mol. The van der Waals surface area contributed by atoms with Crippen LogP contribution in [0.4, 0.5) is 0 Å². The van der Waals surface area contributed by atoms with Crippen LogP contribution >= 0.6 is 0 Å². The number of amides is 1. The fraction of sp³-hybridized carbons (Fsp3) is 0.889. The maximum atomic E-state index is 11.1. The van der Waals surface area contributed by atoms with Gasteiger partial charge in [-0.3, -0.25) is 4.79 Å². The number of hydrogen-bond acceptors (Lipinski definition) is 1. The number of hydrogen-bond donors (Lipinski definition) is 1. The topological polar surface area (TPSA) is 29.1 Å². The Morgan fingerprint density at radius 2 is 2.09 bits per heavy atom. The first kappa shape index (κ1) is 7.14. The van der Waals surface area contributed by atoms with Gasteiger partial charge in [-0.15, -0.1) is 0 Å². The first-order valence-electron chi connectivity index (χ1n) is 4.64. The van der Waals surface area contributed by atoms with Gasteiger partial charge < -0.3 is 5.32 Å². The van der Waals surface area contributed by atoms with Crippen LogP contribution in [0.15, 0.2) is 0 Å². The third-order valence-corrected chi connectivity index (χ3v) is 2.78. The molecule has 1 unspecified atom stereocenters. The van der Waals surface area contributed by atoms with Crippen LogP contribution in [-0.2, 0) is 4.79 Å². The Balaban J connectivity index is 1.71.